The van der Waals surface area contributed by atoms with Crippen LogP contribution >= 0.6 is 0 Å². The molecule has 4 aromatic rings. The summed E-state index contributed by atoms with van der Waals surface area (Å²) < 4.78 is 29.0. The van der Waals surface area contributed by atoms with Crippen molar-refractivity contribution in [3.63, 3.8) is 0 Å². The van der Waals surface area contributed by atoms with Crippen molar-refractivity contribution in [1.82, 2.24) is 14.4 Å². The summed E-state index contributed by atoms with van der Waals surface area (Å²) in [5.41, 5.74) is 2.25. The summed E-state index contributed by atoms with van der Waals surface area (Å²) in [6.45, 7) is 0. The van der Waals surface area contributed by atoms with Crippen LogP contribution < -0.4 is 5.32 Å². The number of para-hydroxylation sites is 1. The van der Waals surface area contributed by atoms with E-state index in [0.717, 1.165) is 5.56 Å². The van der Waals surface area contributed by atoms with Gasteiger partial charge in [-0.2, -0.15) is 0 Å². The summed E-state index contributed by atoms with van der Waals surface area (Å²) in [5, 5.41) is 3.08. The minimum atomic E-state index is -0.369. The summed E-state index contributed by atoms with van der Waals surface area (Å²) >= 11 is 0. The normalized spacial score (nSPS) is 10.9. The van der Waals surface area contributed by atoms with E-state index >= 15 is 0 Å². The summed E-state index contributed by atoms with van der Waals surface area (Å²) in [6.07, 6.45) is 4.97. The van der Waals surface area contributed by atoms with Crippen molar-refractivity contribution in [2.24, 2.45) is 0 Å². The second-order valence-electron chi connectivity index (χ2n) is 5.23. The van der Waals surface area contributed by atoms with Gasteiger partial charge in [0.15, 0.2) is 5.65 Å². The molecule has 1 N–H and O–H groups in total. The Hall–Kier alpha value is -3.28. The first-order valence-electron chi connectivity index (χ1n) is 7.32. The van der Waals surface area contributed by atoms with Gasteiger partial charge in [0.1, 0.15) is 23.1 Å². The number of nitrogens with one attached hydrogen (secondary N) is 1. The first-order valence-corrected chi connectivity index (χ1v) is 7.32. The molecule has 24 heavy (non-hydrogen) atoms. The van der Waals surface area contributed by atoms with Crippen LogP contribution in [0.5, 0.6) is 0 Å². The molecule has 2 heterocycles. The highest BCUT2D eigenvalue weighted by Gasteiger charge is 2.15. The highest BCUT2D eigenvalue weighted by Crippen LogP contribution is 2.31. The number of fused-ring (bicyclic) bond motifs is 1. The molecule has 0 aliphatic heterocycles. The highest BCUT2D eigenvalue weighted by atomic mass is 19.1. The predicted octanol–water partition coefficient (Wildman–Crippen LogP) is 4.42. The molecule has 0 spiro atoms. The first kappa shape index (κ1) is 14.3. The number of halogens is 2. The van der Waals surface area contributed by atoms with Gasteiger partial charge >= 0.3 is 0 Å². The van der Waals surface area contributed by atoms with Crippen LogP contribution in [0, 0.1) is 11.6 Å². The average molecular weight is 322 g/mol. The van der Waals surface area contributed by atoms with Gasteiger partial charge in [0.2, 0.25) is 0 Å². The molecule has 118 valence electrons. The lowest BCUT2D eigenvalue weighted by Gasteiger charge is -2.09. The van der Waals surface area contributed by atoms with Gasteiger partial charge in [0.05, 0.1) is 11.9 Å². The molecule has 0 saturated carbocycles. The number of anilines is 2. The molecule has 2 aromatic heterocycles. The van der Waals surface area contributed by atoms with Crippen molar-refractivity contribution in [2.75, 3.05) is 5.32 Å². The second-order valence-corrected chi connectivity index (χ2v) is 5.23. The highest BCUT2D eigenvalue weighted by molar-refractivity contribution is 5.79. The maximum Gasteiger partial charge on any atom is 0.157 e. The fourth-order valence-corrected chi connectivity index (χ4v) is 2.53. The third-order valence-corrected chi connectivity index (χ3v) is 3.67. The minimum absolute atomic E-state index is 0.326. The molecule has 6 heteroatoms. The number of benzene rings is 2. The largest absolute Gasteiger partial charge is 0.337 e. The zero-order valence-corrected chi connectivity index (χ0v) is 12.4. The first-order chi connectivity index (χ1) is 11.7. The summed E-state index contributed by atoms with van der Waals surface area (Å²) in [4.78, 5) is 8.59. The van der Waals surface area contributed by atoms with E-state index in [2.05, 4.69) is 15.3 Å². The Kier molecular flexibility index (Phi) is 3.42. The van der Waals surface area contributed by atoms with Crippen LogP contribution in [0.25, 0.3) is 16.9 Å². The van der Waals surface area contributed by atoms with Gasteiger partial charge in [-0.25, -0.2) is 13.8 Å². The molecule has 0 unspecified atom stereocenters. The van der Waals surface area contributed by atoms with Crippen molar-refractivity contribution < 1.29 is 8.78 Å². The Morgan fingerprint density at radius 1 is 0.958 bits per heavy atom. The Morgan fingerprint density at radius 2 is 1.75 bits per heavy atom. The fraction of sp³-hybridized carbons (Fsp3) is 0. The topological polar surface area (TPSA) is 42.2 Å². The SMILES string of the molecule is Fc1ccc(-c2nc3cnccn3c2Nc2ccccc2F)cc1. The zero-order chi connectivity index (χ0) is 16.5. The Labute approximate surface area is 136 Å². The second kappa shape index (κ2) is 5.73. The minimum Gasteiger partial charge on any atom is -0.337 e. The third kappa shape index (κ3) is 2.48. The van der Waals surface area contributed by atoms with Crippen molar-refractivity contribution >= 4 is 17.2 Å². The molecule has 0 radical (unpaired) electrons. The van der Waals surface area contributed by atoms with E-state index in [1.165, 1.54) is 18.2 Å². The van der Waals surface area contributed by atoms with Crippen molar-refractivity contribution in [3.05, 3.63) is 78.8 Å². The molecule has 0 aliphatic rings. The number of nitrogens with zero attached hydrogens (tertiary/aromatic N) is 3. The Morgan fingerprint density at radius 3 is 2.54 bits per heavy atom. The van der Waals surface area contributed by atoms with Crippen LogP contribution in [-0.2, 0) is 0 Å². The molecule has 0 atom stereocenters. The number of aromatic nitrogens is 3. The zero-order valence-electron chi connectivity index (χ0n) is 12.4. The average Bonchev–Trinajstić information content (AvgIpc) is 2.96. The van der Waals surface area contributed by atoms with E-state index in [1.54, 1.807) is 53.3 Å². The maximum absolute atomic E-state index is 14.0. The Bertz CT molecular complexity index is 1010. The summed E-state index contributed by atoms with van der Waals surface area (Å²) in [5.74, 6) is -0.108. The van der Waals surface area contributed by atoms with Crippen LogP contribution in [0.2, 0.25) is 0 Å². The van der Waals surface area contributed by atoms with Gasteiger partial charge in [-0.1, -0.05) is 12.1 Å². The van der Waals surface area contributed by atoms with Crippen LogP contribution in [-0.4, -0.2) is 14.4 Å². The monoisotopic (exact) mass is 322 g/mol. The summed E-state index contributed by atoms with van der Waals surface area (Å²) in [7, 11) is 0. The summed E-state index contributed by atoms with van der Waals surface area (Å²) in [6, 6.07) is 12.4. The molecule has 2 aromatic carbocycles. The van der Waals surface area contributed by atoms with Gasteiger partial charge in [-0.05, 0) is 36.4 Å². The van der Waals surface area contributed by atoms with Crippen LogP contribution in [0.1, 0.15) is 0 Å². The van der Waals surface area contributed by atoms with Crippen LogP contribution in [0.4, 0.5) is 20.3 Å². The standard InChI is InChI=1S/C18H12F2N4/c19-13-7-5-12(6-8-13)17-18(22-15-4-2-1-3-14(15)20)24-10-9-21-11-16(24)23-17/h1-11,22H. The molecule has 4 nitrogen and oxygen atoms in total. The predicted molar refractivity (Wildman–Crippen MR) is 88.1 cm³/mol. The lowest BCUT2D eigenvalue weighted by molar-refractivity contribution is 0.628. The van der Waals surface area contributed by atoms with Gasteiger partial charge in [-0.3, -0.25) is 9.38 Å². The number of rotatable bonds is 3. The van der Waals surface area contributed by atoms with E-state index in [1.807, 2.05) is 0 Å². The molecule has 0 saturated heterocycles. The van der Waals surface area contributed by atoms with E-state index in [4.69, 9.17) is 0 Å². The van der Waals surface area contributed by atoms with Crippen molar-refractivity contribution in [2.45, 2.75) is 0 Å². The maximum atomic E-state index is 14.0. The molecular formula is C18H12F2N4. The molecule has 0 aliphatic carbocycles. The number of hydrogen-bond donors (Lipinski definition) is 1. The molecule has 0 bridgehead atoms. The molecule has 4 rings (SSSR count). The van der Waals surface area contributed by atoms with Crippen LogP contribution in [0.15, 0.2) is 67.1 Å². The van der Waals surface area contributed by atoms with Gasteiger partial charge in [-0.15, -0.1) is 0 Å². The Balaban J connectivity index is 1.90. The van der Waals surface area contributed by atoms with Gasteiger partial charge in [0.25, 0.3) is 0 Å². The molecular weight excluding hydrogens is 310 g/mol. The van der Waals surface area contributed by atoms with Gasteiger partial charge < -0.3 is 5.32 Å². The number of hydrogen-bond acceptors (Lipinski definition) is 3. The van der Waals surface area contributed by atoms with Crippen molar-refractivity contribution in [3.8, 4) is 11.3 Å². The van der Waals surface area contributed by atoms with Crippen LogP contribution in [0.3, 0.4) is 0 Å². The number of imidazole rings is 1. The van der Waals surface area contributed by atoms with E-state index in [-0.39, 0.29) is 11.6 Å². The third-order valence-electron chi connectivity index (χ3n) is 3.67. The quantitative estimate of drug-likeness (QED) is 0.607. The lowest BCUT2D eigenvalue weighted by atomic mass is 10.1. The molecule has 0 amide bonds. The molecule has 0 fully saturated rings. The fourth-order valence-electron chi connectivity index (χ4n) is 2.53. The lowest BCUT2D eigenvalue weighted by Crippen LogP contribution is -1.99. The van der Waals surface area contributed by atoms with Crippen molar-refractivity contribution in [1.29, 1.82) is 0 Å². The van der Waals surface area contributed by atoms with E-state index < -0.39 is 0 Å². The smallest absolute Gasteiger partial charge is 0.157 e. The van der Waals surface area contributed by atoms with Gasteiger partial charge in [0, 0.05) is 18.0 Å². The van der Waals surface area contributed by atoms with E-state index in [9.17, 15) is 8.78 Å². The van der Waals surface area contributed by atoms with E-state index in [0.29, 0.717) is 22.8 Å².